The standard InChI is InChI=1S/C9H12BrNOS/c10-9-6-13-5-7(9)3-11-8-1-2-12-4-8/h5-6,8,11H,1-4H2. The smallest absolute Gasteiger partial charge is 0.0620 e. The van der Waals surface area contributed by atoms with E-state index in [1.165, 1.54) is 10.0 Å². The summed E-state index contributed by atoms with van der Waals surface area (Å²) >= 11 is 5.25. The van der Waals surface area contributed by atoms with Gasteiger partial charge in [0.1, 0.15) is 0 Å². The summed E-state index contributed by atoms with van der Waals surface area (Å²) in [6.45, 7) is 2.71. The molecule has 1 fully saturated rings. The topological polar surface area (TPSA) is 21.3 Å². The summed E-state index contributed by atoms with van der Waals surface area (Å²) in [5, 5.41) is 7.76. The minimum absolute atomic E-state index is 0.548. The molecule has 0 amide bonds. The minimum atomic E-state index is 0.548. The fraction of sp³-hybridized carbons (Fsp3) is 0.556. The molecule has 4 heteroatoms. The Morgan fingerprint density at radius 3 is 3.15 bits per heavy atom. The van der Waals surface area contributed by atoms with Crippen LogP contribution in [0.15, 0.2) is 15.2 Å². The van der Waals surface area contributed by atoms with Gasteiger partial charge in [0.05, 0.1) is 6.61 Å². The van der Waals surface area contributed by atoms with E-state index in [1.807, 2.05) is 0 Å². The largest absolute Gasteiger partial charge is 0.380 e. The van der Waals surface area contributed by atoms with Crippen molar-refractivity contribution in [3.8, 4) is 0 Å². The van der Waals surface area contributed by atoms with E-state index in [1.54, 1.807) is 11.3 Å². The molecule has 1 unspecified atom stereocenters. The Balaban J connectivity index is 1.82. The van der Waals surface area contributed by atoms with Crippen LogP contribution in [-0.4, -0.2) is 19.3 Å². The number of hydrogen-bond donors (Lipinski definition) is 1. The Labute approximate surface area is 90.4 Å². The SMILES string of the molecule is Brc1cscc1CNC1CCOC1. The summed E-state index contributed by atoms with van der Waals surface area (Å²) in [6, 6.07) is 0.548. The monoisotopic (exact) mass is 261 g/mol. The van der Waals surface area contributed by atoms with E-state index in [2.05, 4.69) is 32.0 Å². The molecule has 1 aromatic rings. The number of ether oxygens (including phenoxy) is 1. The molecule has 2 heterocycles. The Morgan fingerprint density at radius 1 is 1.62 bits per heavy atom. The van der Waals surface area contributed by atoms with Crippen LogP contribution in [-0.2, 0) is 11.3 Å². The summed E-state index contributed by atoms with van der Waals surface area (Å²) < 4.78 is 6.50. The molecule has 2 rings (SSSR count). The third-order valence-electron chi connectivity index (χ3n) is 2.20. The zero-order chi connectivity index (χ0) is 9.10. The number of nitrogens with one attached hydrogen (secondary N) is 1. The molecule has 13 heavy (non-hydrogen) atoms. The number of hydrogen-bond acceptors (Lipinski definition) is 3. The average molecular weight is 262 g/mol. The molecule has 1 N–H and O–H groups in total. The third kappa shape index (κ3) is 2.53. The number of thiophene rings is 1. The first kappa shape index (κ1) is 9.65. The van der Waals surface area contributed by atoms with Gasteiger partial charge in [-0.25, -0.2) is 0 Å². The molecule has 0 radical (unpaired) electrons. The van der Waals surface area contributed by atoms with Crippen LogP contribution in [0.5, 0.6) is 0 Å². The third-order valence-corrected chi connectivity index (χ3v) is 4.03. The van der Waals surface area contributed by atoms with Gasteiger partial charge in [0.25, 0.3) is 0 Å². The molecular formula is C9H12BrNOS. The lowest BCUT2D eigenvalue weighted by molar-refractivity contribution is 0.190. The van der Waals surface area contributed by atoms with Crippen LogP contribution in [0.4, 0.5) is 0 Å². The van der Waals surface area contributed by atoms with E-state index < -0.39 is 0 Å². The highest BCUT2D eigenvalue weighted by molar-refractivity contribution is 9.10. The Bertz CT molecular complexity index is 270. The Kier molecular flexibility index (Phi) is 3.38. The fourth-order valence-electron chi connectivity index (χ4n) is 1.38. The van der Waals surface area contributed by atoms with E-state index in [0.717, 1.165) is 26.2 Å². The van der Waals surface area contributed by atoms with Crippen molar-refractivity contribution in [1.29, 1.82) is 0 Å². The summed E-state index contributed by atoms with van der Waals surface area (Å²) in [4.78, 5) is 0. The lowest BCUT2D eigenvalue weighted by Crippen LogP contribution is -2.28. The minimum Gasteiger partial charge on any atom is -0.380 e. The summed E-state index contributed by atoms with van der Waals surface area (Å²) in [7, 11) is 0. The van der Waals surface area contributed by atoms with Crippen molar-refractivity contribution in [2.75, 3.05) is 13.2 Å². The second kappa shape index (κ2) is 4.55. The summed E-state index contributed by atoms with van der Waals surface area (Å²) in [6.07, 6.45) is 1.14. The molecule has 1 aliphatic rings. The van der Waals surface area contributed by atoms with E-state index >= 15 is 0 Å². The van der Waals surface area contributed by atoms with Gasteiger partial charge < -0.3 is 10.1 Å². The maximum Gasteiger partial charge on any atom is 0.0620 e. The van der Waals surface area contributed by atoms with Crippen molar-refractivity contribution in [1.82, 2.24) is 5.32 Å². The van der Waals surface area contributed by atoms with E-state index in [-0.39, 0.29) is 0 Å². The van der Waals surface area contributed by atoms with Gasteiger partial charge in [-0.15, -0.1) is 0 Å². The van der Waals surface area contributed by atoms with Gasteiger partial charge in [-0.3, -0.25) is 0 Å². The van der Waals surface area contributed by atoms with Gasteiger partial charge in [-0.1, -0.05) is 0 Å². The van der Waals surface area contributed by atoms with Crippen LogP contribution in [0.1, 0.15) is 12.0 Å². The first-order valence-corrected chi connectivity index (χ1v) is 6.11. The Hall–Kier alpha value is 0.1000. The first-order chi connectivity index (χ1) is 6.36. The zero-order valence-corrected chi connectivity index (χ0v) is 9.66. The van der Waals surface area contributed by atoms with Crippen molar-refractivity contribution < 1.29 is 4.74 Å². The van der Waals surface area contributed by atoms with Crippen LogP contribution >= 0.6 is 27.3 Å². The molecule has 0 bridgehead atoms. The Morgan fingerprint density at radius 2 is 2.54 bits per heavy atom. The first-order valence-electron chi connectivity index (χ1n) is 4.38. The van der Waals surface area contributed by atoms with E-state index in [0.29, 0.717) is 6.04 Å². The van der Waals surface area contributed by atoms with Gasteiger partial charge in [-0.05, 0) is 33.3 Å². The second-order valence-corrected chi connectivity index (χ2v) is 4.78. The predicted molar refractivity (Wildman–Crippen MR) is 58.1 cm³/mol. The quantitative estimate of drug-likeness (QED) is 0.903. The van der Waals surface area contributed by atoms with Crippen molar-refractivity contribution in [3.05, 3.63) is 20.8 Å². The van der Waals surface area contributed by atoms with Crippen LogP contribution < -0.4 is 5.32 Å². The molecule has 1 saturated heterocycles. The average Bonchev–Trinajstić information content (AvgIpc) is 2.72. The van der Waals surface area contributed by atoms with Gasteiger partial charge in [0, 0.05) is 29.0 Å². The molecule has 1 atom stereocenters. The fourth-order valence-corrected chi connectivity index (χ4v) is 2.83. The highest BCUT2D eigenvalue weighted by atomic mass is 79.9. The molecular weight excluding hydrogens is 250 g/mol. The predicted octanol–water partition coefficient (Wildman–Crippen LogP) is 2.39. The normalized spacial score (nSPS) is 22.4. The zero-order valence-electron chi connectivity index (χ0n) is 7.25. The summed E-state index contributed by atoms with van der Waals surface area (Å²) in [5.41, 5.74) is 1.34. The molecule has 0 spiro atoms. The lowest BCUT2D eigenvalue weighted by atomic mass is 10.2. The van der Waals surface area contributed by atoms with E-state index in [4.69, 9.17) is 4.74 Å². The van der Waals surface area contributed by atoms with Gasteiger partial charge >= 0.3 is 0 Å². The number of rotatable bonds is 3. The van der Waals surface area contributed by atoms with E-state index in [9.17, 15) is 0 Å². The van der Waals surface area contributed by atoms with Crippen LogP contribution in [0.25, 0.3) is 0 Å². The van der Waals surface area contributed by atoms with Gasteiger partial charge in [0.2, 0.25) is 0 Å². The molecule has 0 aromatic carbocycles. The maximum atomic E-state index is 5.29. The van der Waals surface area contributed by atoms with Crippen LogP contribution in [0.2, 0.25) is 0 Å². The highest BCUT2D eigenvalue weighted by Crippen LogP contribution is 2.21. The molecule has 1 aromatic heterocycles. The lowest BCUT2D eigenvalue weighted by Gasteiger charge is -2.09. The van der Waals surface area contributed by atoms with Gasteiger partial charge in [-0.2, -0.15) is 11.3 Å². The van der Waals surface area contributed by atoms with Crippen LogP contribution in [0, 0.1) is 0 Å². The maximum absolute atomic E-state index is 5.29. The van der Waals surface area contributed by atoms with Crippen molar-refractivity contribution >= 4 is 27.3 Å². The van der Waals surface area contributed by atoms with Crippen LogP contribution in [0.3, 0.4) is 0 Å². The summed E-state index contributed by atoms with van der Waals surface area (Å²) in [5.74, 6) is 0. The molecule has 1 aliphatic heterocycles. The molecule has 72 valence electrons. The second-order valence-electron chi connectivity index (χ2n) is 3.19. The van der Waals surface area contributed by atoms with Crippen molar-refractivity contribution in [2.45, 2.75) is 19.0 Å². The highest BCUT2D eigenvalue weighted by Gasteiger charge is 2.14. The molecule has 2 nitrogen and oxygen atoms in total. The van der Waals surface area contributed by atoms with Crippen molar-refractivity contribution in [2.24, 2.45) is 0 Å². The molecule has 0 aliphatic carbocycles. The molecule has 0 saturated carbocycles. The van der Waals surface area contributed by atoms with Crippen molar-refractivity contribution in [3.63, 3.8) is 0 Å². The number of halogens is 1. The van der Waals surface area contributed by atoms with Gasteiger partial charge in [0.15, 0.2) is 0 Å².